The quantitative estimate of drug-likeness (QED) is 0.862. The second-order valence-electron chi connectivity index (χ2n) is 3.74. The molecule has 0 fully saturated rings. The molecule has 1 N–H and O–H groups in total. The number of aliphatic hydroxyl groups excluding tert-OH is 1. The molecule has 1 atom stereocenters. The lowest BCUT2D eigenvalue weighted by molar-refractivity contribution is 0.0532. The summed E-state index contributed by atoms with van der Waals surface area (Å²) in [5.41, 5.74) is 0.815. The Kier molecular flexibility index (Phi) is 4.12. The van der Waals surface area contributed by atoms with E-state index in [0.717, 1.165) is 10.4 Å². The fourth-order valence-electron chi connectivity index (χ4n) is 1.61. The largest absolute Gasteiger partial charge is 0.462 e. The first-order chi connectivity index (χ1) is 8.72. The van der Waals surface area contributed by atoms with Crippen LogP contribution in [-0.2, 0) is 4.74 Å². The molecule has 0 amide bonds. The van der Waals surface area contributed by atoms with Gasteiger partial charge in [0.2, 0.25) is 0 Å². The maximum absolute atomic E-state index is 11.5. The van der Waals surface area contributed by atoms with Gasteiger partial charge in [-0.1, -0.05) is 30.3 Å². The molecule has 94 valence electrons. The van der Waals surface area contributed by atoms with Gasteiger partial charge in [0.15, 0.2) is 0 Å². The van der Waals surface area contributed by atoms with E-state index in [2.05, 4.69) is 0 Å². The topological polar surface area (TPSA) is 46.5 Å². The number of thiophene rings is 1. The third-order valence-electron chi connectivity index (χ3n) is 2.49. The van der Waals surface area contributed by atoms with Crippen LogP contribution in [0.1, 0.15) is 33.1 Å². The first-order valence-electron chi connectivity index (χ1n) is 5.72. The van der Waals surface area contributed by atoms with Gasteiger partial charge in [0.25, 0.3) is 0 Å². The van der Waals surface area contributed by atoms with Crippen LogP contribution in [0, 0.1) is 0 Å². The predicted octanol–water partition coefficient (Wildman–Crippen LogP) is 3.01. The van der Waals surface area contributed by atoms with E-state index in [-0.39, 0.29) is 5.97 Å². The van der Waals surface area contributed by atoms with Gasteiger partial charge in [0, 0.05) is 4.88 Å². The summed E-state index contributed by atoms with van der Waals surface area (Å²) >= 11 is 1.26. The van der Waals surface area contributed by atoms with Crippen LogP contribution in [0.5, 0.6) is 0 Å². The molecule has 0 aliphatic rings. The van der Waals surface area contributed by atoms with Crippen molar-refractivity contribution >= 4 is 17.3 Å². The van der Waals surface area contributed by atoms with Crippen molar-refractivity contribution in [3.8, 4) is 0 Å². The van der Waals surface area contributed by atoms with Crippen molar-refractivity contribution in [1.29, 1.82) is 0 Å². The molecule has 1 heterocycles. The molecule has 0 bridgehead atoms. The molecule has 0 spiro atoms. The third-order valence-corrected chi connectivity index (χ3v) is 3.61. The smallest absolute Gasteiger partial charge is 0.348 e. The van der Waals surface area contributed by atoms with Crippen molar-refractivity contribution < 1.29 is 14.6 Å². The number of ether oxygens (including phenoxy) is 1. The Bertz CT molecular complexity index is 519. The Labute approximate surface area is 110 Å². The van der Waals surface area contributed by atoms with E-state index in [1.165, 1.54) is 11.3 Å². The number of hydrogen-bond acceptors (Lipinski definition) is 4. The van der Waals surface area contributed by atoms with Crippen molar-refractivity contribution in [3.63, 3.8) is 0 Å². The van der Waals surface area contributed by atoms with Crippen LogP contribution in [0.25, 0.3) is 0 Å². The molecule has 0 aliphatic carbocycles. The van der Waals surface area contributed by atoms with Gasteiger partial charge in [-0.25, -0.2) is 4.79 Å². The van der Waals surface area contributed by atoms with E-state index in [0.29, 0.717) is 11.5 Å². The second-order valence-corrected chi connectivity index (χ2v) is 4.85. The van der Waals surface area contributed by atoms with E-state index < -0.39 is 6.10 Å². The molecule has 18 heavy (non-hydrogen) atoms. The summed E-state index contributed by atoms with van der Waals surface area (Å²) in [6, 6.07) is 12.8. The fraction of sp³-hybridized carbons (Fsp3) is 0.214. The van der Waals surface area contributed by atoms with E-state index in [4.69, 9.17) is 4.74 Å². The van der Waals surface area contributed by atoms with Gasteiger partial charge in [0.05, 0.1) is 6.61 Å². The maximum atomic E-state index is 11.5. The molecule has 0 aliphatic heterocycles. The van der Waals surface area contributed by atoms with Crippen molar-refractivity contribution in [2.24, 2.45) is 0 Å². The number of aliphatic hydroxyl groups is 1. The summed E-state index contributed by atoms with van der Waals surface area (Å²) in [6.45, 7) is 2.12. The molecule has 3 nitrogen and oxygen atoms in total. The van der Waals surface area contributed by atoms with Crippen molar-refractivity contribution in [1.82, 2.24) is 0 Å². The van der Waals surface area contributed by atoms with E-state index in [1.54, 1.807) is 19.1 Å². The van der Waals surface area contributed by atoms with Crippen LogP contribution in [0.15, 0.2) is 42.5 Å². The molecular weight excluding hydrogens is 248 g/mol. The number of benzene rings is 1. The van der Waals surface area contributed by atoms with Crippen molar-refractivity contribution in [2.45, 2.75) is 13.0 Å². The average molecular weight is 262 g/mol. The van der Waals surface area contributed by atoms with Crippen LogP contribution in [0.3, 0.4) is 0 Å². The highest BCUT2D eigenvalue weighted by Gasteiger charge is 2.16. The maximum Gasteiger partial charge on any atom is 0.348 e. The number of hydrogen-bond donors (Lipinski definition) is 1. The van der Waals surface area contributed by atoms with Gasteiger partial charge < -0.3 is 9.84 Å². The normalized spacial score (nSPS) is 12.1. The number of carbonyl (C=O) groups is 1. The summed E-state index contributed by atoms with van der Waals surface area (Å²) in [5.74, 6) is -0.339. The Morgan fingerprint density at radius 2 is 2.00 bits per heavy atom. The minimum atomic E-state index is -0.695. The molecule has 2 aromatic rings. The van der Waals surface area contributed by atoms with E-state index >= 15 is 0 Å². The van der Waals surface area contributed by atoms with Gasteiger partial charge in [0.1, 0.15) is 11.0 Å². The first kappa shape index (κ1) is 12.8. The number of carbonyl (C=O) groups excluding carboxylic acids is 1. The third kappa shape index (κ3) is 2.78. The van der Waals surface area contributed by atoms with Crippen molar-refractivity contribution in [3.05, 3.63) is 57.8 Å². The monoisotopic (exact) mass is 262 g/mol. The summed E-state index contributed by atoms with van der Waals surface area (Å²) in [6.07, 6.45) is -0.695. The lowest BCUT2D eigenvalue weighted by Crippen LogP contribution is -2.01. The predicted molar refractivity (Wildman–Crippen MR) is 70.8 cm³/mol. The van der Waals surface area contributed by atoms with Crippen LogP contribution in [0.2, 0.25) is 0 Å². The molecule has 0 radical (unpaired) electrons. The van der Waals surface area contributed by atoms with E-state index in [9.17, 15) is 9.90 Å². The van der Waals surface area contributed by atoms with Gasteiger partial charge in [-0.3, -0.25) is 0 Å². The minimum absolute atomic E-state index is 0.339. The molecule has 0 saturated heterocycles. The first-order valence-corrected chi connectivity index (χ1v) is 6.54. The van der Waals surface area contributed by atoms with Gasteiger partial charge in [-0.05, 0) is 24.6 Å². The zero-order valence-electron chi connectivity index (χ0n) is 10.00. The summed E-state index contributed by atoms with van der Waals surface area (Å²) < 4.78 is 4.92. The Morgan fingerprint density at radius 1 is 1.28 bits per heavy atom. The van der Waals surface area contributed by atoms with Crippen LogP contribution < -0.4 is 0 Å². The highest BCUT2D eigenvalue weighted by atomic mass is 32.1. The summed E-state index contributed by atoms with van der Waals surface area (Å²) in [5, 5.41) is 10.2. The molecule has 2 rings (SSSR count). The highest BCUT2D eigenvalue weighted by Crippen LogP contribution is 2.28. The molecule has 1 unspecified atom stereocenters. The molecular formula is C14H14O3S. The molecule has 4 heteroatoms. The molecule has 1 aromatic carbocycles. The van der Waals surface area contributed by atoms with E-state index in [1.807, 2.05) is 30.3 Å². The van der Waals surface area contributed by atoms with Crippen LogP contribution in [0.4, 0.5) is 0 Å². The van der Waals surface area contributed by atoms with Crippen LogP contribution >= 0.6 is 11.3 Å². The Hall–Kier alpha value is -1.65. The second kappa shape index (κ2) is 5.80. The minimum Gasteiger partial charge on any atom is -0.462 e. The van der Waals surface area contributed by atoms with Gasteiger partial charge in [-0.2, -0.15) is 0 Å². The standard InChI is InChI=1S/C14H14O3S/c1-2-17-14(16)12-9-8-11(18-12)13(15)10-6-4-3-5-7-10/h3-9,13,15H,2H2,1H3. The zero-order valence-corrected chi connectivity index (χ0v) is 10.8. The average Bonchev–Trinajstić information content (AvgIpc) is 2.89. The van der Waals surface area contributed by atoms with Gasteiger partial charge >= 0.3 is 5.97 Å². The fourth-order valence-corrected chi connectivity index (χ4v) is 2.53. The summed E-state index contributed by atoms with van der Waals surface area (Å²) in [7, 11) is 0. The van der Waals surface area contributed by atoms with Crippen LogP contribution in [-0.4, -0.2) is 17.7 Å². The molecule has 0 saturated carbocycles. The lowest BCUT2D eigenvalue weighted by Gasteiger charge is -2.07. The SMILES string of the molecule is CCOC(=O)c1ccc(C(O)c2ccccc2)s1. The highest BCUT2D eigenvalue weighted by molar-refractivity contribution is 7.14. The molecule has 1 aromatic heterocycles. The van der Waals surface area contributed by atoms with Crippen molar-refractivity contribution in [2.75, 3.05) is 6.61 Å². The van der Waals surface area contributed by atoms with Gasteiger partial charge in [-0.15, -0.1) is 11.3 Å². The number of esters is 1. The Balaban J connectivity index is 2.17. The Morgan fingerprint density at radius 3 is 2.67 bits per heavy atom. The summed E-state index contributed by atoms with van der Waals surface area (Å²) in [4.78, 5) is 12.8. The lowest BCUT2D eigenvalue weighted by atomic mass is 10.1. The zero-order chi connectivity index (χ0) is 13.0. The number of rotatable bonds is 4.